The van der Waals surface area contributed by atoms with Crippen LogP contribution in [0.5, 0.6) is 0 Å². The van der Waals surface area contributed by atoms with Gasteiger partial charge in [-0.2, -0.15) is 0 Å². The summed E-state index contributed by atoms with van der Waals surface area (Å²) < 4.78 is 13.5. The lowest BCUT2D eigenvalue weighted by Crippen LogP contribution is -2.27. The molecule has 0 spiro atoms. The lowest BCUT2D eigenvalue weighted by molar-refractivity contribution is 0.142. The number of rotatable bonds is 5. The van der Waals surface area contributed by atoms with Gasteiger partial charge in [0.05, 0.1) is 6.10 Å². The van der Waals surface area contributed by atoms with E-state index < -0.39 is 6.10 Å². The van der Waals surface area contributed by atoms with E-state index >= 15 is 0 Å². The van der Waals surface area contributed by atoms with Crippen LogP contribution in [0.3, 0.4) is 0 Å². The molecule has 1 saturated heterocycles. The Bertz CT molecular complexity index is 449. The van der Waals surface area contributed by atoms with Crippen molar-refractivity contribution in [2.75, 3.05) is 19.6 Å². The third kappa shape index (κ3) is 4.79. The van der Waals surface area contributed by atoms with Crippen LogP contribution in [0.15, 0.2) is 18.2 Å². The molecule has 1 heterocycles. The predicted molar refractivity (Wildman–Crippen MR) is 84.8 cm³/mol. The van der Waals surface area contributed by atoms with Gasteiger partial charge in [0.25, 0.3) is 0 Å². The van der Waals surface area contributed by atoms with Crippen LogP contribution in [0.4, 0.5) is 4.39 Å². The van der Waals surface area contributed by atoms with Gasteiger partial charge in [0, 0.05) is 6.54 Å². The fourth-order valence-corrected chi connectivity index (χ4v) is 3.14. The van der Waals surface area contributed by atoms with E-state index in [-0.39, 0.29) is 5.82 Å². The van der Waals surface area contributed by atoms with Gasteiger partial charge in [-0.05, 0) is 68.8 Å². The molecule has 0 radical (unpaired) electrons. The zero-order chi connectivity index (χ0) is 15.2. The Hall–Kier alpha value is -0.930. The maximum absolute atomic E-state index is 13.5. The number of aliphatic hydroxyl groups excluding tert-OH is 1. The Balaban J connectivity index is 1.83. The van der Waals surface area contributed by atoms with Crippen LogP contribution in [-0.4, -0.2) is 29.6 Å². The summed E-state index contributed by atoms with van der Waals surface area (Å²) in [4.78, 5) is 2.45. The summed E-state index contributed by atoms with van der Waals surface area (Å²) in [6.45, 7) is 7.18. The number of nitrogens with zero attached hydrogens (tertiary/aromatic N) is 1. The highest BCUT2D eigenvalue weighted by atomic mass is 19.1. The maximum atomic E-state index is 13.5. The highest BCUT2D eigenvalue weighted by molar-refractivity contribution is 5.24. The Morgan fingerprint density at radius 3 is 2.86 bits per heavy atom. The second-order valence-electron chi connectivity index (χ2n) is 6.36. The molecule has 2 rings (SSSR count). The third-order valence-electron chi connectivity index (χ3n) is 4.82. The molecule has 1 aromatic carbocycles. The van der Waals surface area contributed by atoms with Gasteiger partial charge in [-0.15, -0.1) is 0 Å². The van der Waals surface area contributed by atoms with Crippen molar-refractivity contribution in [3.05, 3.63) is 35.1 Å². The van der Waals surface area contributed by atoms with Crippen LogP contribution < -0.4 is 0 Å². The molecule has 0 aromatic heterocycles. The highest BCUT2D eigenvalue weighted by Gasteiger charge is 2.17. The van der Waals surface area contributed by atoms with E-state index in [4.69, 9.17) is 0 Å². The van der Waals surface area contributed by atoms with E-state index in [0.717, 1.165) is 25.6 Å². The van der Waals surface area contributed by atoms with Gasteiger partial charge in [-0.25, -0.2) is 4.39 Å². The lowest BCUT2D eigenvalue weighted by atomic mass is 9.98. The summed E-state index contributed by atoms with van der Waals surface area (Å²) in [5, 5.41) is 10.2. The van der Waals surface area contributed by atoms with Crippen molar-refractivity contribution in [1.29, 1.82) is 0 Å². The molecule has 1 fully saturated rings. The minimum atomic E-state index is -0.565. The first-order valence-electron chi connectivity index (χ1n) is 8.26. The molecule has 0 bridgehead atoms. The standard InChI is InChI=1S/C18H28FNO/c1-3-15-5-4-10-20(11-8-15)12-9-18(21)16-7-6-14(2)17(19)13-16/h6-7,13,15,18,21H,3-5,8-12H2,1-2H3. The lowest BCUT2D eigenvalue weighted by Gasteiger charge is -2.22. The van der Waals surface area contributed by atoms with Crippen LogP contribution in [0.1, 0.15) is 56.3 Å². The summed E-state index contributed by atoms with van der Waals surface area (Å²) in [7, 11) is 0. The van der Waals surface area contributed by atoms with Gasteiger partial charge in [0.15, 0.2) is 0 Å². The molecule has 1 aromatic rings. The SMILES string of the molecule is CCC1CCCN(CCC(O)c2ccc(C)c(F)c2)CC1. The molecule has 1 N–H and O–H groups in total. The Morgan fingerprint density at radius 1 is 1.33 bits per heavy atom. The van der Waals surface area contributed by atoms with Crippen LogP contribution in [0, 0.1) is 18.7 Å². The normalized spacial score (nSPS) is 22.0. The monoisotopic (exact) mass is 293 g/mol. The molecule has 3 heteroatoms. The average Bonchev–Trinajstić information content (AvgIpc) is 2.72. The molecule has 118 valence electrons. The quantitative estimate of drug-likeness (QED) is 0.884. The first kappa shape index (κ1) is 16.4. The first-order valence-corrected chi connectivity index (χ1v) is 8.26. The van der Waals surface area contributed by atoms with Crippen LogP contribution >= 0.6 is 0 Å². The van der Waals surface area contributed by atoms with Gasteiger partial charge in [-0.3, -0.25) is 0 Å². The fourth-order valence-electron chi connectivity index (χ4n) is 3.14. The van der Waals surface area contributed by atoms with Crippen molar-refractivity contribution in [3.63, 3.8) is 0 Å². The van der Waals surface area contributed by atoms with Gasteiger partial charge >= 0.3 is 0 Å². The number of likely N-dealkylation sites (tertiary alicyclic amines) is 1. The van der Waals surface area contributed by atoms with E-state index in [0.29, 0.717) is 17.5 Å². The maximum Gasteiger partial charge on any atom is 0.126 e. The first-order chi connectivity index (χ1) is 10.1. The van der Waals surface area contributed by atoms with Crippen LogP contribution in [-0.2, 0) is 0 Å². The Morgan fingerprint density at radius 2 is 2.14 bits per heavy atom. The van der Waals surface area contributed by atoms with E-state index in [2.05, 4.69) is 11.8 Å². The summed E-state index contributed by atoms with van der Waals surface area (Å²) in [6, 6.07) is 5.04. The third-order valence-corrected chi connectivity index (χ3v) is 4.82. The Kier molecular flexibility index (Phi) is 6.19. The van der Waals surface area contributed by atoms with E-state index in [1.165, 1.54) is 31.7 Å². The minimum absolute atomic E-state index is 0.230. The fraction of sp³-hybridized carbons (Fsp3) is 0.667. The van der Waals surface area contributed by atoms with Crippen molar-refractivity contribution in [1.82, 2.24) is 4.90 Å². The molecule has 0 amide bonds. The molecule has 1 aliphatic rings. The molecular weight excluding hydrogens is 265 g/mol. The number of aryl methyl sites for hydroxylation is 1. The largest absolute Gasteiger partial charge is 0.388 e. The number of hydrogen-bond acceptors (Lipinski definition) is 2. The second kappa shape index (κ2) is 7.90. The number of benzene rings is 1. The zero-order valence-electron chi connectivity index (χ0n) is 13.3. The molecule has 2 nitrogen and oxygen atoms in total. The molecule has 21 heavy (non-hydrogen) atoms. The molecule has 2 atom stereocenters. The van der Waals surface area contributed by atoms with E-state index in [1.54, 1.807) is 13.0 Å². The average molecular weight is 293 g/mol. The van der Waals surface area contributed by atoms with Gasteiger partial charge in [0.2, 0.25) is 0 Å². The molecular formula is C18H28FNO. The van der Waals surface area contributed by atoms with E-state index in [1.807, 2.05) is 6.07 Å². The minimum Gasteiger partial charge on any atom is -0.388 e. The van der Waals surface area contributed by atoms with E-state index in [9.17, 15) is 9.50 Å². The highest BCUT2D eigenvalue weighted by Crippen LogP contribution is 2.23. The topological polar surface area (TPSA) is 23.5 Å². The second-order valence-corrected chi connectivity index (χ2v) is 6.36. The zero-order valence-corrected chi connectivity index (χ0v) is 13.3. The summed E-state index contributed by atoms with van der Waals surface area (Å²) in [5.74, 6) is 0.637. The van der Waals surface area contributed by atoms with Crippen LogP contribution in [0.2, 0.25) is 0 Å². The summed E-state index contributed by atoms with van der Waals surface area (Å²) in [6.07, 6.45) is 5.25. The van der Waals surface area contributed by atoms with Gasteiger partial charge in [-0.1, -0.05) is 25.5 Å². The summed E-state index contributed by atoms with van der Waals surface area (Å²) in [5.41, 5.74) is 1.32. The van der Waals surface area contributed by atoms with Crippen molar-refractivity contribution in [2.45, 2.75) is 52.1 Å². The summed E-state index contributed by atoms with van der Waals surface area (Å²) >= 11 is 0. The Labute approximate surface area is 128 Å². The molecule has 0 saturated carbocycles. The molecule has 0 aliphatic carbocycles. The van der Waals surface area contributed by atoms with Crippen molar-refractivity contribution >= 4 is 0 Å². The number of aliphatic hydroxyl groups is 1. The van der Waals surface area contributed by atoms with Crippen molar-refractivity contribution in [2.24, 2.45) is 5.92 Å². The number of halogens is 1. The predicted octanol–water partition coefficient (Wildman–Crippen LogP) is 4.07. The van der Waals surface area contributed by atoms with Crippen LogP contribution in [0.25, 0.3) is 0 Å². The molecule has 2 unspecified atom stereocenters. The smallest absolute Gasteiger partial charge is 0.126 e. The van der Waals surface area contributed by atoms with Crippen molar-refractivity contribution < 1.29 is 9.50 Å². The number of hydrogen-bond donors (Lipinski definition) is 1. The van der Waals surface area contributed by atoms with Gasteiger partial charge < -0.3 is 10.0 Å². The van der Waals surface area contributed by atoms with Crippen molar-refractivity contribution in [3.8, 4) is 0 Å². The van der Waals surface area contributed by atoms with Gasteiger partial charge in [0.1, 0.15) is 5.82 Å². The molecule has 1 aliphatic heterocycles.